The number of alkyl halides is 1. The summed E-state index contributed by atoms with van der Waals surface area (Å²) in [6.07, 6.45) is 7.75. The van der Waals surface area contributed by atoms with Crippen molar-refractivity contribution in [2.75, 3.05) is 12.0 Å². The molecule has 0 aromatic rings. The van der Waals surface area contributed by atoms with Crippen molar-refractivity contribution in [3.8, 4) is 0 Å². The predicted molar refractivity (Wildman–Crippen MR) is 55.1 cm³/mol. The molecule has 0 radical (unpaired) electrons. The molecule has 0 N–H and O–H groups in total. The van der Waals surface area contributed by atoms with E-state index in [1.54, 1.807) is 6.26 Å². The summed E-state index contributed by atoms with van der Waals surface area (Å²) in [5.74, 6) is 1.60. The first-order valence-electron chi connectivity index (χ1n) is 4.62. The van der Waals surface area contributed by atoms with Crippen LogP contribution in [0.25, 0.3) is 0 Å². The Balaban J connectivity index is 2.18. The molecule has 0 saturated heterocycles. The van der Waals surface area contributed by atoms with Crippen LogP contribution in [0.3, 0.4) is 0 Å². The number of hydrogen-bond donors (Lipinski definition) is 0. The lowest BCUT2D eigenvalue weighted by atomic mass is 9.87. The largest absolute Gasteiger partial charge is 0.260 e. The van der Waals surface area contributed by atoms with Gasteiger partial charge in [0.05, 0.1) is 0 Å². The lowest BCUT2D eigenvalue weighted by molar-refractivity contribution is 0.355. The summed E-state index contributed by atoms with van der Waals surface area (Å²) in [6, 6.07) is 0. The van der Waals surface area contributed by atoms with Crippen LogP contribution in [0.5, 0.6) is 0 Å². The molecule has 0 bridgehead atoms. The summed E-state index contributed by atoms with van der Waals surface area (Å²) in [5.41, 5.74) is 0. The van der Waals surface area contributed by atoms with Gasteiger partial charge in [0.15, 0.2) is 0 Å². The molecule has 72 valence electrons. The summed E-state index contributed by atoms with van der Waals surface area (Å²) in [5, 5.41) is 0.383. The Morgan fingerprint density at radius 1 is 1.50 bits per heavy atom. The number of rotatable bonds is 3. The maximum Gasteiger partial charge on any atom is 0.0338 e. The first-order valence-corrected chi connectivity index (χ1v) is 6.79. The highest BCUT2D eigenvalue weighted by molar-refractivity contribution is 7.84. The second kappa shape index (κ2) is 5.23. The molecule has 0 spiro atoms. The van der Waals surface area contributed by atoms with Crippen molar-refractivity contribution in [1.82, 2.24) is 0 Å². The molecule has 1 fully saturated rings. The second-order valence-electron chi connectivity index (χ2n) is 3.70. The van der Waals surface area contributed by atoms with Gasteiger partial charge < -0.3 is 0 Å². The van der Waals surface area contributed by atoms with Crippen molar-refractivity contribution >= 4 is 22.4 Å². The van der Waals surface area contributed by atoms with Gasteiger partial charge >= 0.3 is 0 Å². The van der Waals surface area contributed by atoms with E-state index in [0.717, 1.165) is 24.5 Å². The first-order chi connectivity index (χ1) is 5.68. The molecule has 3 heteroatoms. The molecular formula is C9H17ClOS. The molecule has 0 heterocycles. The summed E-state index contributed by atoms with van der Waals surface area (Å²) in [4.78, 5) is 0. The zero-order valence-corrected chi connectivity index (χ0v) is 9.16. The molecule has 1 nitrogen and oxygen atoms in total. The van der Waals surface area contributed by atoms with E-state index in [1.165, 1.54) is 19.3 Å². The van der Waals surface area contributed by atoms with Crippen LogP contribution in [0.2, 0.25) is 0 Å². The number of hydrogen-bond acceptors (Lipinski definition) is 1. The summed E-state index contributed by atoms with van der Waals surface area (Å²) in [7, 11) is -0.622. The van der Waals surface area contributed by atoms with E-state index in [-0.39, 0.29) is 0 Å². The third kappa shape index (κ3) is 3.90. The Morgan fingerprint density at radius 2 is 2.25 bits per heavy atom. The topological polar surface area (TPSA) is 17.1 Å². The molecule has 12 heavy (non-hydrogen) atoms. The van der Waals surface area contributed by atoms with E-state index in [0.29, 0.717) is 5.38 Å². The zero-order chi connectivity index (χ0) is 8.97. The maximum absolute atomic E-state index is 10.8. The summed E-state index contributed by atoms with van der Waals surface area (Å²) in [6.45, 7) is 0. The van der Waals surface area contributed by atoms with Gasteiger partial charge in [0.1, 0.15) is 0 Å². The fourth-order valence-corrected chi connectivity index (χ4v) is 2.89. The van der Waals surface area contributed by atoms with Crippen LogP contribution < -0.4 is 0 Å². The highest BCUT2D eigenvalue weighted by Gasteiger charge is 2.19. The Morgan fingerprint density at radius 3 is 2.83 bits per heavy atom. The highest BCUT2D eigenvalue weighted by atomic mass is 35.5. The normalized spacial score (nSPS) is 33.2. The maximum atomic E-state index is 10.8. The van der Waals surface area contributed by atoms with Crippen LogP contribution in [0.1, 0.15) is 32.1 Å². The third-order valence-corrected chi connectivity index (χ3v) is 3.74. The van der Waals surface area contributed by atoms with E-state index < -0.39 is 10.8 Å². The van der Waals surface area contributed by atoms with Gasteiger partial charge in [0, 0.05) is 28.2 Å². The SMILES string of the molecule is CS(=O)CCC1CCCC(Cl)C1. The summed E-state index contributed by atoms with van der Waals surface area (Å²) >= 11 is 6.05. The van der Waals surface area contributed by atoms with Gasteiger partial charge in [-0.15, -0.1) is 11.6 Å². The van der Waals surface area contributed by atoms with E-state index >= 15 is 0 Å². The Labute approximate surface area is 82.3 Å². The zero-order valence-electron chi connectivity index (χ0n) is 7.59. The Kier molecular flexibility index (Phi) is 4.59. The van der Waals surface area contributed by atoms with E-state index in [2.05, 4.69) is 0 Å². The Hall–Kier alpha value is 0.440. The van der Waals surface area contributed by atoms with Gasteiger partial charge in [-0.25, -0.2) is 0 Å². The first kappa shape index (κ1) is 10.5. The fraction of sp³-hybridized carbons (Fsp3) is 1.00. The minimum atomic E-state index is -0.622. The Bertz CT molecular complexity index is 161. The van der Waals surface area contributed by atoms with Gasteiger partial charge in [0.25, 0.3) is 0 Å². The predicted octanol–water partition coefficient (Wildman–Crippen LogP) is 2.55. The van der Waals surface area contributed by atoms with Crippen molar-refractivity contribution in [2.24, 2.45) is 5.92 Å². The average molecular weight is 209 g/mol. The minimum Gasteiger partial charge on any atom is -0.260 e. The smallest absolute Gasteiger partial charge is 0.0338 e. The molecule has 0 aliphatic heterocycles. The van der Waals surface area contributed by atoms with Gasteiger partial charge in [-0.1, -0.05) is 12.8 Å². The molecule has 3 atom stereocenters. The van der Waals surface area contributed by atoms with Crippen LogP contribution in [0.4, 0.5) is 0 Å². The molecular weight excluding hydrogens is 192 g/mol. The number of halogens is 1. The van der Waals surface area contributed by atoms with Crippen molar-refractivity contribution in [3.05, 3.63) is 0 Å². The van der Waals surface area contributed by atoms with Gasteiger partial charge in [-0.2, -0.15) is 0 Å². The average Bonchev–Trinajstić information content (AvgIpc) is 2.01. The second-order valence-corrected chi connectivity index (χ2v) is 5.87. The van der Waals surface area contributed by atoms with Gasteiger partial charge in [-0.3, -0.25) is 4.21 Å². The van der Waals surface area contributed by atoms with E-state index in [9.17, 15) is 4.21 Å². The molecule has 0 aromatic carbocycles. The van der Waals surface area contributed by atoms with E-state index in [1.807, 2.05) is 0 Å². The quantitative estimate of drug-likeness (QED) is 0.652. The van der Waals surface area contributed by atoms with Crippen molar-refractivity contribution in [3.63, 3.8) is 0 Å². The van der Waals surface area contributed by atoms with Crippen molar-refractivity contribution in [2.45, 2.75) is 37.5 Å². The molecule has 3 unspecified atom stereocenters. The van der Waals surface area contributed by atoms with Crippen molar-refractivity contribution in [1.29, 1.82) is 0 Å². The lowest BCUT2D eigenvalue weighted by Gasteiger charge is -2.24. The monoisotopic (exact) mass is 208 g/mol. The molecule has 1 aliphatic carbocycles. The lowest BCUT2D eigenvalue weighted by Crippen LogP contribution is -2.17. The van der Waals surface area contributed by atoms with Gasteiger partial charge in [0.2, 0.25) is 0 Å². The van der Waals surface area contributed by atoms with Gasteiger partial charge in [-0.05, 0) is 25.2 Å². The van der Waals surface area contributed by atoms with Crippen molar-refractivity contribution < 1.29 is 4.21 Å². The van der Waals surface area contributed by atoms with Crippen LogP contribution >= 0.6 is 11.6 Å². The van der Waals surface area contributed by atoms with Crippen LogP contribution in [-0.2, 0) is 10.8 Å². The van der Waals surface area contributed by atoms with Crippen LogP contribution in [0.15, 0.2) is 0 Å². The summed E-state index contributed by atoms with van der Waals surface area (Å²) < 4.78 is 10.8. The molecule has 0 aromatic heterocycles. The van der Waals surface area contributed by atoms with E-state index in [4.69, 9.17) is 11.6 Å². The van der Waals surface area contributed by atoms with Crippen LogP contribution in [0, 0.1) is 5.92 Å². The van der Waals surface area contributed by atoms with Crippen LogP contribution in [-0.4, -0.2) is 21.6 Å². The standard InChI is InChI=1S/C9H17ClOS/c1-12(11)6-5-8-3-2-4-9(10)7-8/h8-9H,2-7H2,1H3. The fourth-order valence-electron chi connectivity index (χ4n) is 1.82. The molecule has 1 saturated carbocycles. The minimum absolute atomic E-state index is 0.383. The highest BCUT2D eigenvalue weighted by Crippen LogP contribution is 2.29. The molecule has 1 aliphatic rings. The third-order valence-electron chi connectivity index (χ3n) is 2.53. The molecule has 1 rings (SSSR count). The molecule has 0 amide bonds.